The number of nitro groups is 1. The van der Waals surface area contributed by atoms with Crippen molar-refractivity contribution in [2.24, 2.45) is 0 Å². The van der Waals surface area contributed by atoms with E-state index in [1.165, 1.54) is 12.3 Å². The van der Waals surface area contributed by atoms with Gasteiger partial charge in [-0.3, -0.25) is 14.9 Å². The van der Waals surface area contributed by atoms with E-state index in [-0.39, 0.29) is 11.1 Å². The Balaban J connectivity index is 2.31. The molecule has 0 bridgehead atoms. The van der Waals surface area contributed by atoms with Crippen LogP contribution in [0.1, 0.15) is 10.4 Å². The number of rotatable bonds is 3. The van der Waals surface area contributed by atoms with Gasteiger partial charge in [0, 0.05) is 6.20 Å². The summed E-state index contributed by atoms with van der Waals surface area (Å²) in [6, 6.07) is 2.05. The van der Waals surface area contributed by atoms with Gasteiger partial charge >= 0.3 is 5.69 Å². The quantitative estimate of drug-likeness (QED) is 0.533. The predicted octanol–water partition coefficient (Wildman–Crippen LogP) is 2.57. The number of carbonyl (C=O) groups excluding carboxylic acids is 1. The monoisotopic (exact) mass is 314 g/mol. The summed E-state index contributed by atoms with van der Waals surface area (Å²) in [6.45, 7) is 0. The van der Waals surface area contributed by atoms with Gasteiger partial charge in [-0.15, -0.1) is 0 Å². The Morgan fingerprint density at radius 3 is 2.67 bits per heavy atom. The Bertz CT molecular complexity index is 741. The van der Waals surface area contributed by atoms with Crippen LogP contribution in [0.15, 0.2) is 24.4 Å². The van der Waals surface area contributed by atoms with Crippen LogP contribution in [0.3, 0.4) is 0 Å². The minimum absolute atomic E-state index is 0.0295. The van der Waals surface area contributed by atoms with E-state index in [9.17, 15) is 23.7 Å². The van der Waals surface area contributed by atoms with E-state index in [0.717, 1.165) is 0 Å². The molecule has 21 heavy (non-hydrogen) atoms. The van der Waals surface area contributed by atoms with Crippen LogP contribution in [0, 0.1) is 21.7 Å². The molecule has 0 unspecified atom stereocenters. The molecule has 0 aliphatic carbocycles. The summed E-state index contributed by atoms with van der Waals surface area (Å²) < 4.78 is 27.0. The van der Waals surface area contributed by atoms with Crippen LogP contribution in [-0.4, -0.2) is 20.8 Å². The minimum atomic E-state index is -1.33. The molecule has 0 radical (unpaired) electrons. The third-order valence-electron chi connectivity index (χ3n) is 2.35. The van der Waals surface area contributed by atoms with Crippen LogP contribution >= 0.6 is 11.6 Å². The first-order valence-electron chi connectivity index (χ1n) is 5.32. The van der Waals surface area contributed by atoms with Crippen LogP contribution in [0.5, 0.6) is 0 Å². The van der Waals surface area contributed by atoms with Gasteiger partial charge in [-0.05, 0) is 23.7 Å². The fourth-order valence-corrected chi connectivity index (χ4v) is 1.59. The summed E-state index contributed by atoms with van der Waals surface area (Å²) in [5.41, 5.74) is -1.76. The molecular weight excluding hydrogens is 310 g/mol. The second-order valence-corrected chi connectivity index (χ2v) is 4.04. The molecule has 7 nitrogen and oxygen atoms in total. The first-order chi connectivity index (χ1) is 9.88. The van der Waals surface area contributed by atoms with Crippen LogP contribution in [0.4, 0.5) is 20.3 Å². The number of aromatic nitrogens is 2. The van der Waals surface area contributed by atoms with Crippen molar-refractivity contribution in [1.82, 2.24) is 9.97 Å². The van der Waals surface area contributed by atoms with Crippen LogP contribution in [-0.2, 0) is 0 Å². The van der Waals surface area contributed by atoms with Gasteiger partial charge in [-0.1, -0.05) is 0 Å². The van der Waals surface area contributed by atoms with Crippen molar-refractivity contribution in [3.63, 3.8) is 0 Å². The third-order valence-corrected chi connectivity index (χ3v) is 2.53. The molecule has 0 saturated carbocycles. The number of carbonyl (C=O) groups is 1. The number of anilines is 1. The number of amides is 1. The van der Waals surface area contributed by atoms with Crippen molar-refractivity contribution in [2.45, 2.75) is 0 Å². The Kier molecular flexibility index (Phi) is 4.03. The SMILES string of the molecule is O=C(Nc1ccnc(Cl)n1)c1cc(F)c([N+](=O)[O-])cc1F. The highest BCUT2D eigenvalue weighted by molar-refractivity contribution is 6.28. The van der Waals surface area contributed by atoms with E-state index in [0.29, 0.717) is 12.1 Å². The van der Waals surface area contributed by atoms with Crippen molar-refractivity contribution in [3.05, 3.63) is 57.0 Å². The Labute approximate surface area is 120 Å². The number of nitrogens with one attached hydrogen (secondary N) is 1. The van der Waals surface area contributed by atoms with Gasteiger partial charge in [-0.25, -0.2) is 14.4 Å². The van der Waals surface area contributed by atoms with E-state index >= 15 is 0 Å². The summed E-state index contributed by atoms with van der Waals surface area (Å²) in [7, 11) is 0. The third kappa shape index (κ3) is 3.26. The second-order valence-electron chi connectivity index (χ2n) is 3.71. The highest BCUT2D eigenvalue weighted by atomic mass is 35.5. The van der Waals surface area contributed by atoms with Crippen LogP contribution < -0.4 is 5.32 Å². The first-order valence-corrected chi connectivity index (χ1v) is 5.69. The second kappa shape index (κ2) is 5.75. The van der Waals surface area contributed by atoms with Crippen molar-refractivity contribution in [1.29, 1.82) is 0 Å². The average Bonchev–Trinajstić information content (AvgIpc) is 2.40. The zero-order valence-electron chi connectivity index (χ0n) is 10.0. The highest BCUT2D eigenvalue weighted by Gasteiger charge is 2.22. The van der Waals surface area contributed by atoms with Crippen molar-refractivity contribution in [3.8, 4) is 0 Å². The first kappa shape index (κ1) is 14.7. The number of halogens is 3. The molecule has 108 valence electrons. The zero-order chi connectivity index (χ0) is 15.6. The summed E-state index contributed by atoms with van der Waals surface area (Å²) in [5.74, 6) is -3.62. The average molecular weight is 315 g/mol. The van der Waals surface area contributed by atoms with E-state index in [1.807, 2.05) is 0 Å². The number of nitro benzene ring substituents is 1. The maximum atomic E-state index is 13.6. The topological polar surface area (TPSA) is 98.0 Å². The van der Waals surface area contributed by atoms with Gasteiger partial charge < -0.3 is 5.32 Å². The van der Waals surface area contributed by atoms with Gasteiger partial charge in [0.2, 0.25) is 11.1 Å². The molecule has 0 saturated heterocycles. The summed E-state index contributed by atoms with van der Waals surface area (Å²) in [5, 5.41) is 12.5. The minimum Gasteiger partial charge on any atom is -0.306 e. The molecule has 1 aromatic heterocycles. The maximum absolute atomic E-state index is 13.6. The molecule has 2 rings (SSSR count). The summed E-state index contributed by atoms with van der Waals surface area (Å²) in [6.07, 6.45) is 1.25. The lowest BCUT2D eigenvalue weighted by atomic mass is 10.1. The Hall–Kier alpha value is -2.68. The molecule has 1 heterocycles. The predicted molar refractivity (Wildman–Crippen MR) is 68.0 cm³/mol. The molecular formula is C11H5ClF2N4O3. The van der Waals surface area contributed by atoms with E-state index in [2.05, 4.69) is 15.3 Å². The van der Waals surface area contributed by atoms with Gasteiger partial charge in [-0.2, -0.15) is 4.39 Å². The number of hydrogen-bond acceptors (Lipinski definition) is 5. The fourth-order valence-electron chi connectivity index (χ4n) is 1.44. The van der Waals surface area contributed by atoms with Crippen LogP contribution in [0.25, 0.3) is 0 Å². The lowest BCUT2D eigenvalue weighted by Gasteiger charge is -2.05. The largest absolute Gasteiger partial charge is 0.307 e. The molecule has 1 aromatic carbocycles. The van der Waals surface area contributed by atoms with E-state index in [1.54, 1.807) is 0 Å². The van der Waals surface area contributed by atoms with Crippen molar-refractivity contribution in [2.75, 3.05) is 5.32 Å². The molecule has 0 atom stereocenters. The lowest BCUT2D eigenvalue weighted by Crippen LogP contribution is -2.15. The van der Waals surface area contributed by atoms with Crippen molar-refractivity contribution >= 4 is 29.0 Å². The molecule has 2 aromatic rings. The number of nitrogens with zero attached hydrogens (tertiary/aromatic N) is 3. The standard InChI is InChI=1S/C11H5ClF2N4O3/c12-11-15-2-1-9(17-11)16-10(19)5-3-7(14)8(18(20)21)4-6(5)13/h1-4H,(H,15,16,17,19). The summed E-state index contributed by atoms with van der Waals surface area (Å²) >= 11 is 5.50. The number of hydrogen-bond donors (Lipinski definition) is 1. The Morgan fingerprint density at radius 1 is 1.33 bits per heavy atom. The molecule has 0 aliphatic rings. The van der Waals surface area contributed by atoms with E-state index < -0.39 is 33.7 Å². The smallest absolute Gasteiger partial charge is 0.306 e. The van der Waals surface area contributed by atoms with Crippen LogP contribution in [0.2, 0.25) is 5.28 Å². The molecule has 0 spiro atoms. The summed E-state index contributed by atoms with van der Waals surface area (Å²) in [4.78, 5) is 28.4. The number of benzene rings is 1. The Morgan fingerprint density at radius 2 is 2.05 bits per heavy atom. The molecule has 1 amide bonds. The van der Waals surface area contributed by atoms with Gasteiger partial charge in [0.05, 0.1) is 16.6 Å². The van der Waals surface area contributed by atoms with Gasteiger partial charge in [0.1, 0.15) is 11.6 Å². The van der Waals surface area contributed by atoms with Gasteiger partial charge in [0.15, 0.2) is 0 Å². The van der Waals surface area contributed by atoms with E-state index in [4.69, 9.17) is 11.6 Å². The molecule has 0 aliphatic heterocycles. The highest BCUT2D eigenvalue weighted by Crippen LogP contribution is 2.22. The molecule has 1 N–H and O–H groups in total. The fraction of sp³-hybridized carbons (Fsp3) is 0. The van der Waals surface area contributed by atoms with Gasteiger partial charge in [0.25, 0.3) is 5.91 Å². The zero-order valence-corrected chi connectivity index (χ0v) is 10.8. The normalized spacial score (nSPS) is 10.2. The molecule has 0 fully saturated rings. The lowest BCUT2D eigenvalue weighted by molar-refractivity contribution is -0.387. The molecule has 10 heteroatoms. The van der Waals surface area contributed by atoms with Crippen molar-refractivity contribution < 1.29 is 18.5 Å². The maximum Gasteiger partial charge on any atom is 0.307 e.